The monoisotopic (exact) mass is 175 g/mol. The van der Waals surface area contributed by atoms with Crippen molar-refractivity contribution in [3.63, 3.8) is 0 Å². The van der Waals surface area contributed by atoms with Crippen LogP contribution in [0.5, 0.6) is 0 Å². The number of nitrogens with zero attached hydrogens (tertiary/aromatic N) is 3. The van der Waals surface area contributed by atoms with Crippen molar-refractivity contribution in [2.45, 2.75) is 0 Å². The van der Waals surface area contributed by atoms with E-state index < -0.39 is 0 Å². The van der Waals surface area contributed by atoms with Gasteiger partial charge in [0.25, 0.3) is 0 Å². The molecule has 13 heavy (non-hydrogen) atoms. The standard InChI is InChI=1S/C8H5N3O2/c12-13-11-6-1-2-7-8(5-6)10-4-3-9-7/h1-5H. The van der Waals surface area contributed by atoms with Gasteiger partial charge in [-0.15, -0.1) is 0 Å². The van der Waals surface area contributed by atoms with Crippen molar-refractivity contribution in [3.8, 4) is 0 Å². The molecule has 1 aromatic carbocycles. The smallest absolute Gasteiger partial charge is 0.208 e. The summed E-state index contributed by atoms with van der Waals surface area (Å²) in [7, 11) is 0. The fraction of sp³-hybridized carbons (Fsp3) is 0. The zero-order chi connectivity index (χ0) is 9.10. The second kappa shape index (κ2) is 3.14. The molecule has 1 heterocycles. The van der Waals surface area contributed by atoms with Crippen LogP contribution in [0.1, 0.15) is 0 Å². The molecule has 64 valence electrons. The van der Waals surface area contributed by atoms with E-state index in [2.05, 4.69) is 20.1 Å². The van der Waals surface area contributed by atoms with Gasteiger partial charge in [0.2, 0.25) is 4.96 Å². The van der Waals surface area contributed by atoms with Crippen LogP contribution in [0.25, 0.3) is 16.5 Å². The Morgan fingerprint density at radius 2 is 1.92 bits per heavy atom. The van der Waals surface area contributed by atoms with Gasteiger partial charge in [-0.1, -0.05) is 6.07 Å². The maximum Gasteiger partial charge on any atom is 0.208 e. The highest BCUT2D eigenvalue weighted by atomic mass is 16.9. The molecule has 2 aromatic rings. The van der Waals surface area contributed by atoms with E-state index in [9.17, 15) is 4.96 Å². The molecule has 5 heteroatoms. The number of benzene rings is 1. The first-order valence-corrected chi connectivity index (χ1v) is 3.61. The normalized spacial score (nSPS) is 9.85. The fourth-order valence-electron chi connectivity index (χ4n) is 1.05. The molecular weight excluding hydrogens is 170 g/mol. The van der Waals surface area contributed by atoms with Gasteiger partial charge in [-0.3, -0.25) is 9.97 Å². The molecule has 5 nitrogen and oxygen atoms in total. The third kappa shape index (κ3) is 1.44. The van der Waals surface area contributed by atoms with Gasteiger partial charge in [-0.25, -0.2) is 0 Å². The summed E-state index contributed by atoms with van der Waals surface area (Å²) >= 11 is 0. The minimum atomic E-state index is 0.433. The Kier molecular flexibility index (Phi) is 1.84. The second-order valence-electron chi connectivity index (χ2n) is 2.40. The topological polar surface area (TPSA) is 68.2 Å². The van der Waals surface area contributed by atoms with Gasteiger partial charge in [0.15, 0.2) is 0 Å². The Morgan fingerprint density at radius 1 is 1.15 bits per heavy atom. The Balaban J connectivity index is 2.55. The fourth-order valence-corrected chi connectivity index (χ4v) is 1.05. The van der Waals surface area contributed by atoms with Gasteiger partial charge < -0.3 is 0 Å². The van der Waals surface area contributed by atoms with E-state index in [0.29, 0.717) is 11.2 Å². The Bertz CT molecular complexity index is 444. The highest BCUT2D eigenvalue weighted by Crippen LogP contribution is 2.20. The second-order valence-corrected chi connectivity index (χ2v) is 2.40. The van der Waals surface area contributed by atoms with Crippen LogP contribution < -0.4 is 0 Å². The van der Waals surface area contributed by atoms with E-state index in [-0.39, 0.29) is 0 Å². The van der Waals surface area contributed by atoms with Crippen LogP contribution in [-0.2, 0) is 0 Å². The van der Waals surface area contributed by atoms with E-state index in [1.165, 1.54) is 0 Å². The molecule has 0 radical (unpaired) electrons. The number of aromatic nitrogens is 2. The van der Waals surface area contributed by atoms with Crippen molar-refractivity contribution in [1.29, 1.82) is 0 Å². The van der Waals surface area contributed by atoms with Crippen molar-refractivity contribution in [1.82, 2.24) is 9.97 Å². The van der Waals surface area contributed by atoms with Crippen LogP contribution in [0.2, 0.25) is 0 Å². The summed E-state index contributed by atoms with van der Waals surface area (Å²) in [5.74, 6) is 0. The predicted octanol–water partition coefficient (Wildman–Crippen LogP) is 2.17. The van der Waals surface area contributed by atoms with E-state index in [0.717, 1.165) is 5.52 Å². The van der Waals surface area contributed by atoms with Crippen molar-refractivity contribution >= 4 is 16.7 Å². The third-order valence-corrected chi connectivity index (χ3v) is 1.60. The zero-order valence-electron chi connectivity index (χ0n) is 6.54. The lowest BCUT2D eigenvalue weighted by Crippen LogP contribution is -1.80. The Morgan fingerprint density at radius 3 is 2.69 bits per heavy atom. The summed E-state index contributed by atoms with van der Waals surface area (Å²) < 4.78 is 3.40. The minimum Gasteiger partial charge on any atom is -0.253 e. The maximum atomic E-state index is 9.73. The molecule has 2 rings (SSSR count). The molecule has 0 unspecified atom stereocenters. The average molecular weight is 175 g/mol. The van der Waals surface area contributed by atoms with Crippen LogP contribution in [0.3, 0.4) is 0 Å². The molecule has 0 aliphatic carbocycles. The Hall–Kier alpha value is -2.04. The maximum absolute atomic E-state index is 9.73. The van der Waals surface area contributed by atoms with Crippen molar-refractivity contribution in [2.75, 3.05) is 0 Å². The molecule has 0 aliphatic heterocycles. The molecule has 0 bridgehead atoms. The highest BCUT2D eigenvalue weighted by molar-refractivity contribution is 5.79. The quantitative estimate of drug-likeness (QED) is 0.518. The number of hydrogen-bond acceptors (Lipinski definition) is 3. The highest BCUT2D eigenvalue weighted by Gasteiger charge is 1.94. The van der Waals surface area contributed by atoms with Gasteiger partial charge >= 0.3 is 0 Å². The molecule has 0 saturated heterocycles. The lowest BCUT2D eigenvalue weighted by atomic mass is 10.3. The van der Waals surface area contributed by atoms with E-state index in [1.54, 1.807) is 30.6 Å². The summed E-state index contributed by atoms with van der Waals surface area (Å²) in [5, 5.41) is 0. The van der Waals surface area contributed by atoms with Gasteiger partial charge in [-0.05, 0) is 17.8 Å². The van der Waals surface area contributed by atoms with Crippen LogP contribution >= 0.6 is 0 Å². The lowest BCUT2D eigenvalue weighted by molar-refractivity contribution is 1.29. The number of rotatable bonds is 2. The number of hydrogen-bond donors (Lipinski definition) is 0. The molecule has 1 aromatic heterocycles. The van der Waals surface area contributed by atoms with Crippen molar-refractivity contribution < 1.29 is 0 Å². The first kappa shape index (κ1) is 7.60. The molecule has 0 amide bonds. The summed E-state index contributed by atoms with van der Waals surface area (Å²) in [6.45, 7) is 0. The van der Waals surface area contributed by atoms with Gasteiger partial charge in [0.05, 0.1) is 11.0 Å². The van der Waals surface area contributed by atoms with Crippen LogP contribution in [0, 0.1) is 9.66 Å². The van der Waals surface area contributed by atoms with Crippen molar-refractivity contribution in [2.24, 2.45) is 0 Å². The number of fused-ring (bicyclic) bond motifs is 1. The van der Waals surface area contributed by atoms with Gasteiger partial charge in [-0.2, -0.15) is 5.48 Å². The summed E-state index contributed by atoms with van der Waals surface area (Å²) in [6, 6.07) is 4.98. The summed E-state index contributed by atoms with van der Waals surface area (Å²) in [6.07, 6.45) is 3.17. The Labute approximate surface area is 73.3 Å². The van der Waals surface area contributed by atoms with Crippen molar-refractivity contribution in [3.05, 3.63) is 45.7 Å². The molecule has 0 N–H and O–H groups in total. The molecule has 0 spiro atoms. The summed E-state index contributed by atoms with van der Waals surface area (Å²) in [5.41, 5.74) is 5.10. The largest absolute Gasteiger partial charge is 0.253 e. The minimum absolute atomic E-state index is 0.433. The summed E-state index contributed by atoms with van der Waals surface area (Å²) in [4.78, 5) is 17.8. The van der Waals surface area contributed by atoms with Crippen LogP contribution in [0.15, 0.2) is 30.6 Å². The predicted molar refractivity (Wildman–Crippen MR) is 49.3 cm³/mol. The zero-order valence-corrected chi connectivity index (χ0v) is 6.54. The molecular formula is C8H5N3O2. The third-order valence-electron chi connectivity index (χ3n) is 1.60. The van der Waals surface area contributed by atoms with Gasteiger partial charge in [0, 0.05) is 17.1 Å². The van der Waals surface area contributed by atoms with E-state index in [1.807, 2.05) is 0 Å². The first-order chi connectivity index (χ1) is 6.40. The molecule has 0 aliphatic rings. The van der Waals surface area contributed by atoms with E-state index in [4.69, 9.17) is 0 Å². The molecule has 0 saturated carbocycles. The average Bonchev–Trinajstić information content (AvgIpc) is 2.18. The van der Waals surface area contributed by atoms with Gasteiger partial charge in [0.1, 0.15) is 0 Å². The SMILES string of the molecule is O=[O+][N-]c1ccc2nccnc2c1. The first-order valence-electron chi connectivity index (χ1n) is 3.61. The molecule has 0 atom stereocenters. The van der Waals surface area contributed by atoms with Crippen LogP contribution in [0.4, 0.5) is 5.69 Å². The molecule has 0 fully saturated rings. The lowest BCUT2D eigenvalue weighted by Gasteiger charge is -2.00. The van der Waals surface area contributed by atoms with E-state index >= 15 is 0 Å². The van der Waals surface area contributed by atoms with Crippen LogP contribution in [-0.4, -0.2) is 9.97 Å².